The quantitative estimate of drug-likeness (QED) is 0.807. The van der Waals surface area contributed by atoms with Crippen molar-refractivity contribution in [2.24, 2.45) is 0 Å². The Morgan fingerprint density at radius 2 is 1.93 bits per heavy atom. The number of hydrogen-bond acceptors (Lipinski definition) is 4. The van der Waals surface area contributed by atoms with Gasteiger partial charge < -0.3 is 10.6 Å². The third-order valence-electron chi connectivity index (χ3n) is 4.21. The first kappa shape index (κ1) is 21.3. The van der Waals surface area contributed by atoms with Crippen molar-refractivity contribution in [3.8, 4) is 0 Å². The lowest BCUT2D eigenvalue weighted by molar-refractivity contribution is -0.114. The standard InChI is InChI=1S/C18H20FN3O3S.ClH/c1-13(23)21-16-5-7-17(8-6-16)26(24,25)22-10-9-20-12-18(22)14-3-2-4-15(19)11-14;/h2-8,11,18,20H,9-10,12H2,1H3,(H,21,23);1H. The monoisotopic (exact) mass is 413 g/mol. The second kappa shape index (κ2) is 8.79. The van der Waals surface area contributed by atoms with Gasteiger partial charge in [-0.05, 0) is 42.0 Å². The van der Waals surface area contributed by atoms with Crippen molar-refractivity contribution in [3.05, 3.63) is 59.9 Å². The molecular weight excluding hydrogens is 393 g/mol. The summed E-state index contributed by atoms with van der Waals surface area (Å²) in [4.78, 5) is 11.2. The fraction of sp³-hybridized carbons (Fsp3) is 0.278. The van der Waals surface area contributed by atoms with Crippen molar-refractivity contribution in [3.63, 3.8) is 0 Å². The summed E-state index contributed by atoms with van der Waals surface area (Å²) in [6, 6.07) is 11.5. The number of rotatable bonds is 4. The summed E-state index contributed by atoms with van der Waals surface area (Å²) in [6.45, 7) is 2.60. The predicted molar refractivity (Wildman–Crippen MR) is 104 cm³/mol. The molecule has 1 atom stereocenters. The summed E-state index contributed by atoms with van der Waals surface area (Å²) in [5.74, 6) is -0.626. The Morgan fingerprint density at radius 3 is 2.56 bits per heavy atom. The Hall–Kier alpha value is -2.00. The fourth-order valence-corrected chi connectivity index (χ4v) is 4.63. The van der Waals surface area contributed by atoms with Gasteiger partial charge in [0.25, 0.3) is 0 Å². The Morgan fingerprint density at radius 1 is 1.22 bits per heavy atom. The van der Waals surface area contributed by atoms with Gasteiger partial charge >= 0.3 is 0 Å². The summed E-state index contributed by atoms with van der Waals surface area (Å²) in [6.07, 6.45) is 0. The van der Waals surface area contributed by atoms with Crippen LogP contribution >= 0.6 is 12.4 Å². The van der Waals surface area contributed by atoms with Gasteiger partial charge in [-0.3, -0.25) is 4.79 Å². The molecule has 1 fully saturated rings. The van der Waals surface area contributed by atoms with Crippen LogP contribution in [0.2, 0.25) is 0 Å². The van der Waals surface area contributed by atoms with Crippen molar-refractivity contribution in [2.45, 2.75) is 17.9 Å². The molecule has 0 aromatic heterocycles. The predicted octanol–water partition coefficient (Wildman–Crippen LogP) is 2.54. The van der Waals surface area contributed by atoms with Crippen LogP contribution in [0.5, 0.6) is 0 Å². The van der Waals surface area contributed by atoms with E-state index in [0.717, 1.165) is 0 Å². The van der Waals surface area contributed by atoms with Crippen LogP contribution < -0.4 is 10.6 Å². The highest BCUT2D eigenvalue weighted by atomic mass is 35.5. The molecule has 0 aliphatic carbocycles. The van der Waals surface area contributed by atoms with Crippen molar-refractivity contribution < 1.29 is 17.6 Å². The molecule has 1 aliphatic rings. The second-order valence-corrected chi connectivity index (χ2v) is 7.99. The van der Waals surface area contributed by atoms with E-state index in [1.54, 1.807) is 24.3 Å². The molecule has 9 heteroatoms. The number of benzene rings is 2. The van der Waals surface area contributed by atoms with Crippen LogP contribution in [0, 0.1) is 5.82 Å². The number of piperazine rings is 1. The lowest BCUT2D eigenvalue weighted by atomic mass is 10.1. The molecular formula is C18H21ClFN3O3S. The summed E-state index contributed by atoms with van der Waals surface area (Å²) in [5, 5.41) is 5.77. The van der Waals surface area contributed by atoms with E-state index < -0.39 is 21.9 Å². The third kappa shape index (κ3) is 4.84. The van der Waals surface area contributed by atoms with Gasteiger partial charge in [0.15, 0.2) is 0 Å². The molecule has 2 N–H and O–H groups in total. The van der Waals surface area contributed by atoms with E-state index in [1.165, 1.54) is 35.5 Å². The van der Waals surface area contributed by atoms with Crippen LogP contribution in [-0.4, -0.2) is 38.3 Å². The minimum absolute atomic E-state index is 0. The van der Waals surface area contributed by atoms with Crippen molar-refractivity contribution >= 4 is 34.0 Å². The summed E-state index contributed by atoms with van der Waals surface area (Å²) in [7, 11) is -3.76. The highest BCUT2D eigenvalue weighted by molar-refractivity contribution is 7.89. The van der Waals surface area contributed by atoms with Gasteiger partial charge in [-0.25, -0.2) is 12.8 Å². The molecule has 1 amide bonds. The molecule has 3 rings (SSSR count). The summed E-state index contributed by atoms with van der Waals surface area (Å²) in [5.41, 5.74) is 1.13. The SMILES string of the molecule is CC(=O)Nc1ccc(S(=O)(=O)N2CCNCC2c2cccc(F)c2)cc1.Cl. The zero-order valence-corrected chi connectivity index (χ0v) is 16.3. The second-order valence-electron chi connectivity index (χ2n) is 6.10. The smallest absolute Gasteiger partial charge is 0.243 e. The van der Waals surface area contributed by atoms with Crippen molar-refractivity contribution in [1.82, 2.24) is 9.62 Å². The van der Waals surface area contributed by atoms with E-state index in [4.69, 9.17) is 0 Å². The minimum Gasteiger partial charge on any atom is -0.326 e. The van der Waals surface area contributed by atoms with Crippen LogP contribution in [0.1, 0.15) is 18.5 Å². The lowest BCUT2D eigenvalue weighted by Gasteiger charge is -2.35. The Kier molecular flexibility index (Phi) is 6.94. The van der Waals surface area contributed by atoms with Gasteiger partial charge in [0.1, 0.15) is 5.82 Å². The number of carbonyl (C=O) groups is 1. The Bertz CT molecular complexity index is 906. The molecule has 0 saturated carbocycles. The molecule has 1 heterocycles. The number of halogens is 2. The van der Waals surface area contributed by atoms with Gasteiger partial charge in [-0.15, -0.1) is 12.4 Å². The zero-order valence-electron chi connectivity index (χ0n) is 14.7. The van der Waals surface area contributed by atoms with E-state index in [-0.39, 0.29) is 29.8 Å². The minimum atomic E-state index is -3.76. The maximum absolute atomic E-state index is 13.6. The van der Waals surface area contributed by atoms with E-state index in [0.29, 0.717) is 24.3 Å². The maximum atomic E-state index is 13.6. The molecule has 6 nitrogen and oxygen atoms in total. The number of hydrogen-bond donors (Lipinski definition) is 2. The molecule has 0 spiro atoms. The molecule has 1 unspecified atom stereocenters. The normalized spacial score (nSPS) is 17.8. The van der Waals surface area contributed by atoms with E-state index in [9.17, 15) is 17.6 Å². The number of sulfonamides is 1. The van der Waals surface area contributed by atoms with Gasteiger partial charge in [-0.2, -0.15) is 4.31 Å². The van der Waals surface area contributed by atoms with Crippen LogP contribution in [0.3, 0.4) is 0 Å². The topological polar surface area (TPSA) is 78.5 Å². The van der Waals surface area contributed by atoms with E-state index in [1.807, 2.05) is 0 Å². The van der Waals surface area contributed by atoms with E-state index >= 15 is 0 Å². The molecule has 1 saturated heterocycles. The largest absolute Gasteiger partial charge is 0.326 e. The lowest BCUT2D eigenvalue weighted by Crippen LogP contribution is -2.48. The number of nitrogens with one attached hydrogen (secondary N) is 2. The van der Waals surface area contributed by atoms with Gasteiger partial charge in [-0.1, -0.05) is 12.1 Å². The van der Waals surface area contributed by atoms with Crippen molar-refractivity contribution in [1.29, 1.82) is 0 Å². The number of amides is 1. The van der Waals surface area contributed by atoms with Crippen LogP contribution in [0.4, 0.5) is 10.1 Å². The zero-order chi connectivity index (χ0) is 18.7. The van der Waals surface area contributed by atoms with Gasteiger partial charge in [0, 0.05) is 32.2 Å². The first-order valence-electron chi connectivity index (χ1n) is 8.23. The average molecular weight is 414 g/mol. The molecule has 0 radical (unpaired) electrons. The molecule has 146 valence electrons. The number of carbonyl (C=O) groups excluding carboxylic acids is 1. The molecule has 0 bridgehead atoms. The van der Waals surface area contributed by atoms with Crippen LogP contribution in [0.15, 0.2) is 53.4 Å². The first-order chi connectivity index (χ1) is 12.4. The Labute approximate surface area is 164 Å². The molecule has 2 aromatic rings. The first-order valence-corrected chi connectivity index (χ1v) is 9.67. The maximum Gasteiger partial charge on any atom is 0.243 e. The van der Waals surface area contributed by atoms with Crippen LogP contribution in [-0.2, 0) is 14.8 Å². The highest BCUT2D eigenvalue weighted by Crippen LogP contribution is 2.29. The molecule has 1 aliphatic heterocycles. The third-order valence-corrected chi connectivity index (χ3v) is 6.13. The molecule has 2 aromatic carbocycles. The van der Waals surface area contributed by atoms with Crippen molar-refractivity contribution in [2.75, 3.05) is 25.0 Å². The molecule has 27 heavy (non-hydrogen) atoms. The summed E-state index contributed by atoms with van der Waals surface area (Å²) >= 11 is 0. The number of nitrogens with zero attached hydrogens (tertiary/aromatic N) is 1. The Balaban J connectivity index is 0.00000261. The van der Waals surface area contributed by atoms with Gasteiger partial charge in [0.05, 0.1) is 10.9 Å². The fourth-order valence-electron chi connectivity index (χ4n) is 3.02. The highest BCUT2D eigenvalue weighted by Gasteiger charge is 2.34. The van der Waals surface area contributed by atoms with E-state index in [2.05, 4.69) is 10.6 Å². The van der Waals surface area contributed by atoms with Crippen LogP contribution in [0.25, 0.3) is 0 Å². The average Bonchev–Trinajstić information content (AvgIpc) is 2.62. The number of anilines is 1. The summed E-state index contributed by atoms with van der Waals surface area (Å²) < 4.78 is 41.2. The van der Waals surface area contributed by atoms with Gasteiger partial charge in [0.2, 0.25) is 15.9 Å².